The van der Waals surface area contributed by atoms with E-state index in [1.807, 2.05) is 0 Å². The van der Waals surface area contributed by atoms with E-state index in [-0.39, 0.29) is 0 Å². The molecule has 1 saturated carbocycles. The molecule has 3 rings (SSSR count). The molecular formula is C17H13BrP. The molecule has 0 nitrogen and oxygen atoms in total. The fraction of sp³-hybridized carbons (Fsp3) is 0. The lowest BCUT2D eigenvalue weighted by Crippen LogP contribution is -2.17. The second kappa shape index (κ2) is 6.20. The summed E-state index contributed by atoms with van der Waals surface area (Å²) in [6.45, 7) is 0. The molecule has 2 heteroatoms. The molecule has 0 unspecified atom stereocenters. The molecule has 93 valence electrons. The van der Waals surface area contributed by atoms with Gasteiger partial charge in [0, 0.05) is 10.1 Å². The summed E-state index contributed by atoms with van der Waals surface area (Å²) in [5, 5.41) is 2.76. The Morgan fingerprint density at radius 2 is 1.37 bits per heavy atom. The van der Waals surface area contributed by atoms with Crippen LogP contribution >= 0.6 is 23.9 Å². The molecule has 0 aliphatic heterocycles. The van der Waals surface area contributed by atoms with Crippen LogP contribution in [0.2, 0.25) is 0 Å². The molecule has 0 heterocycles. The van der Waals surface area contributed by atoms with Gasteiger partial charge in [0.05, 0.1) is 0 Å². The van der Waals surface area contributed by atoms with E-state index in [0.29, 0.717) is 0 Å². The largest absolute Gasteiger partial charge is 0.0622 e. The maximum absolute atomic E-state index is 3.70. The van der Waals surface area contributed by atoms with Crippen molar-refractivity contribution in [2.75, 3.05) is 0 Å². The minimum Gasteiger partial charge on any atom is -0.0622 e. The molecule has 2 aromatic rings. The zero-order chi connectivity index (χ0) is 13.1. The van der Waals surface area contributed by atoms with Crippen LogP contribution in [0.4, 0.5) is 0 Å². The van der Waals surface area contributed by atoms with Crippen LogP contribution < -0.4 is 10.6 Å². The van der Waals surface area contributed by atoms with Gasteiger partial charge in [-0.3, -0.25) is 0 Å². The molecular weight excluding hydrogens is 315 g/mol. The van der Waals surface area contributed by atoms with E-state index in [2.05, 4.69) is 96.2 Å². The van der Waals surface area contributed by atoms with Crippen molar-refractivity contribution in [3.05, 3.63) is 90.4 Å². The second-order valence-electron chi connectivity index (χ2n) is 4.27. The van der Waals surface area contributed by atoms with Gasteiger partial charge < -0.3 is 0 Å². The Morgan fingerprint density at radius 3 is 2.05 bits per heavy atom. The smallest absolute Gasteiger partial charge is 0.0255 e. The Bertz CT molecular complexity index is 532. The summed E-state index contributed by atoms with van der Waals surface area (Å²) in [5.74, 6) is 0. The summed E-state index contributed by atoms with van der Waals surface area (Å²) < 4.78 is 1.19. The number of halogens is 1. The van der Waals surface area contributed by atoms with Crippen molar-refractivity contribution in [1.29, 1.82) is 0 Å². The highest BCUT2D eigenvalue weighted by atomic mass is 79.9. The summed E-state index contributed by atoms with van der Waals surface area (Å²) >= 11 is 3.70. The van der Waals surface area contributed by atoms with E-state index in [1.165, 1.54) is 20.7 Å². The first kappa shape index (κ1) is 13.3. The van der Waals surface area contributed by atoms with Crippen LogP contribution in [-0.4, -0.2) is 0 Å². The third-order valence-corrected chi connectivity index (χ3v) is 6.51. The minimum atomic E-state index is -0.477. The van der Waals surface area contributed by atoms with Gasteiger partial charge in [0.25, 0.3) is 0 Å². The van der Waals surface area contributed by atoms with Crippen LogP contribution in [0.5, 0.6) is 0 Å². The highest BCUT2D eigenvalue weighted by Crippen LogP contribution is 2.52. The van der Waals surface area contributed by atoms with Crippen molar-refractivity contribution in [2.24, 2.45) is 0 Å². The van der Waals surface area contributed by atoms with Gasteiger partial charge in [-0.05, 0) is 50.3 Å². The molecule has 1 aliphatic carbocycles. The van der Waals surface area contributed by atoms with E-state index < -0.39 is 7.92 Å². The van der Waals surface area contributed by atoms with Gasteiger partial charge in [-0.1, -0.05) is 64.5 Å². The van der Waals surface area contributed by atoms with Gasteiger partial charge in [-0.15, -0.1) is 0 Å². The summed E-state index contributed by atoms with van der Waals surface area (Å²) in [6.07, 6.45) is 8.67. The van der Waals surface area contributed by atoms with Gasteiger partial charge in [0.2, 0.25) is 0 Å². The normalized spacial score (nSPS) is 17.5. The Balaban J connectivity index is 2.04. The van der Waals surface area contributed by atoms with Crippen molar-refractivity contribution in [3.63, 3.8) is 0 Å². The van der Waals surface area contributed by atoms with Crippen molar-refractivity contribution < 1.29 is 0 Å². The fourth-order valence-corrected chi connectivity index (χ4v) is 5.29. The van der Waals surface area contributed by atoms with Gasteiger partial charge in [-0.2, -0.15) is 0 Å². The molecule has 1 atom stereocenters. The first-order chi connectivity index (χ1) is 9.36. The van der Waals surface area contributed by atoms with Crippen molar-refractivity contribution in [3.8, 4) is 0 Å². The summed E-state index contributed by atoms with van der Waals surface area (Å²) in [7, 11) is -0.477. The lowest BCUT2D eigenvalue weighted by molar-refractivity contribution is 1.52. The lowest BCUT2D eigenvalue weighted by Gasteiger charge is -2.25. The predicted octanol–water partition coefficient (Wildman–Crippen LogP) is 4.24. The summed E-state index contributed by atoms with van der Waals surface area (Å²) in [5.41, 5.74) is 1.40. The van der Waals surface area contributed by atoms with Crippen molar-refractivity contribution in [1.82, 2.24) is 0 Å². The highest BCUT2D eigenvalue weighted by molar-refractivity contribution is 9.10. The molecule has 1 aliphatic rings. The van der Waals surface area contributed by atoms with E-state index >= 15 is 0 Å². The average molecular weight is 328 g/mol. The molecule has 0 bridgehead atoms. The van der Waals surface area contributed by atoms with Gasteiger partial charge in [0.1, 0.15) is 0 Å². The quantitative estimate of drug-likeness (QED) is 0.739. The number of benzene rings is 2. The van der Waals surface area contributed by atoms with E-state index in [9.17, 15) is 0 Å². The molecule has 0 N–H and O–H groups in total. The Morgan fingerprint density at radius 1 is 0.737 bits per heavy atom. The Kier molecular flexibility index (Phi) is 4.35. The molecule has 5 radical (unpaired) electrons. The lowest BCUT2D eigenvalue weighted by atomic mass is 10.3. The molecule has 0 amide bonds. The molecule has 19 heavy (non-hydrogen) atoms. The van der Waals surface area contributed by atoms with E-state index in [1.54, 1.807) is 0 Å². The molecule has 0 aromatic heterocycles. The highest BCUT2D eigenvalue weighted by Gasteiger charge is 2.29. The van der Waals surface area contributed by atoms with Gasteiger partial charge in [0.15, 0.2) is 0 Å². The third kappa shape index (κ3) is 2.93. The van der Waals surface area contributed by atoms with Crippen LogP contribution in [-0.2, 0) is 0 Å². The molecule has 0 spiro atoms. The Labute approximate surface area is 125 Å². The van der Waals surface area contributed by atoms with Crippen molar-refractivity contribution >= 4 is 34.5 Å². The van der Waals surface area contributed by atoms with Crippen LogP contribution in [0.25, 0.3) is 0 Å². The summed E-state index contributed by atoms with van der Waals surface area (Å²) in [4.78, 5) is 0. The monoisotopic (exact) mass is 327 g/mol. The second-order valence-corrected chi connectivity index (χ2v) is 7.31. The topological polar surface area (TPSA) is 0 Å². The Hall–Kier alpha value is -0.650. The summed E-state index contributed by atoms with van der Waals surface area (Å²) in [6, 6.07) is 19.3. The minimum absolute atomic E-state index is 0.477. The van der Waals surface area contributed by atoms with E-state index in [4.69, 9.17) is 0 Å². The number of hydrogen-bond acceptors (Lipinski definition) is 0. The molecule has 2 aromatic carbocycles. The van der Waals surface area contributed by atoms with Gasteiger partial charge in [-0.25, -0.2) is 0 Å². The van der Waals surface area contributed by atoms with Crippen LogP contribution in [0.15, 0.2) is 59.1 Å². The van der Waals surface area contributed by atoms with E-state index in [0.717, 1.165) is 0 Å². The first-order valence-corrected chi connectivity index (χ1v) is 8.31. The average Bonchev–Trinajstić information content (AvgIpc) is 2.96. The maximum Gasteiger partial charge on any atom is 0.0255 e. The SMILES string of the molecule is Brc1ccccc1[P@@]([C]1[CH][CH][CH][CH]1)c1ccccc1. The third-order valence-electron chi connectivity index (χ3n) is 3.01. The standard InChI is InChI=1S/C17H13BrP/c18-16-12-6-7-13-17(16)19(15-10-4-5-11-15)14-8-2-1-3-9-14/h1-13H/t19-/m1/s1. The fourth-order valence-electron chi connectivity index (χ4n) is 2.15. The van der Waals surface area contributed by atoms with Crippen molar-refractivity contribution in [2.45, 2.75) is 0 Å². The maximum atomic E-state index is 3.70. The molecule has 1 fully saturated rings. The zero-order valence-electron chi connectivity index (χ0n) is 10.3. The zero-order valence-corrected chi connectivity index (χ0v) is 12.8. The first-order valence-electron chi connectivity index (χ1n) is 6.18. The van der Waals surface area contributed by atoms with Crippen LogP contribution in [0, 0.1) is 31.3 Å². The van der Waals surface area contributed by atoms with Crippen LogP contribution in [0.1, 0.15) is 0 Å². The number of rotatable bonds is 3. The molecule has 0 saturated heterocycles. The van der Waals surface area contributed by atoms with Crippen LogP contribution in [0.3, 0.4) is 0 Å². The van der Waals surface area contributed by atoms with Gasteiger partial charge >= 0.3 is 0 Å². The predicted molar refractivity (Wildman–Crippen MR) is 87.2 cm³/mol. The number of hydrogen-bond donors (Lipinski definition) is 0.